The summed E-state index contributed by atoms with van der Waals surface area (Å²) in [5.41, 5.74) is -0.406. The molecule has 1 aromatic carbocycles. The molecule has 168 valence electrons. The zero-order chi connectivity index (χ0) is 22.2. The molecule has 1 aromatic heterocycles. The molecule has 4 rings (SSSR count). The van der Waals surface area contributed by atoms with Crippen LogP contribution in [0.4, 0.5) is 4.39 Å². The third-order valence-corrected chi connectivity index (χ3v) is 7.90. The van der Waals surface area contributed by atoms with Crippen molar-refractivity contribution in [2.45, 2.75) is 50.5 Å². The minimum absolute atomic E-state index is 0.0538. The summed E-state index contributed by atoms with van der Waals surface area (Å²) in [4.78, 5) is 18.3. The van der Waals surface area contributed by atoms with Crippen LogP contribution in [0.25, 0.3) is 0 Å². The fourth-order valence-electron chi connectivity index (χ4n) is 5.22. The maximum Gasteiger partial charge on any atom is 0.281 e. The standard InChI is InChI=1S/C21H25ClFN3O4S/c1-13-5-14-3-2-4-21(8-13,9-14)11-30-18-7-17(23)15(6-16(18)22)20(27)26-31(28,29)19-10-24-12-25-19/h6-7,10,12-14H,2-5,8-9,11H2,1H3,(H,24,25)(H,26,27). The van der Waals surface area contributed by atoms with E-state index in [1.54, 1.807) is 4.72 Å². The van der Waals surface area contributed by atoms with E-state index >= 15 is 0 Å². The molecule has 3 atom stereocenters. The maximum absolute atomic E-state index is 14.7. The molecular formula is C21H25ClFN3O4S. The average molecular weight is 470 g/mol. The maximum atomic E-state index is 14.7. The van der Waals surface area contributed by atoms with Gasteiger partial charge in [-0.3, -0.25) is 4.79 Å². The van der Waals surface area contributed by atoms with Crippen LogP contribution in [-0.2, 0) is 10.0 Å². The van der Waals surface area contributed by atoms with Gasteiger partial charge < -0.3 is 9.72 Å². The Hall–Kier alpha value is -2.13. The number of carbonyl (C=O) groups is 1. The Morgan fingerprint density at radius 3 is 2.97 bits per heavy atom. The van der Waals surface area contributed by atoms with E-state index in [4.69, 9.17) is 16.3 Å². The van der Waals surface area contributed by atoms with Crippen molar-refractivity contribution in [3.05, 3.63) is 41.1 Å². The third-order valence-electron chi connectivity index (χ3n) is 6.35. The number of aromatic nitrogens is 2. The zero-order valence-corrected chi connectivity index (χ0v) is 18.7. The number of H-pyrrole nitrogens is 1. The summed E-state index contributed by atoms with van der Waals surface area (Å²) in [6.07, 6.45) is 9.15. The highest BCUT2D eigenvalue weighted by Crippen LogP contribution is 2.51. The first-order valence-electron chi connectivity index (χ1n) is 10.3. The molecule has 0 aliphatic heterocycles. The van der Waals surface area contributed by atoms with Gasteiger partial charge in [0, 0.05) is 11.5 Å². The fourth-order valence-corrected chi connectivity index (χ4v) is 6.31. The highest BCUT2D eigenvalue weighted by atomic mass is 35.5. The van der Waals surface area contributed by atoms with Gasteiger partial charge in [-0.15, -0.1) is 0 Å². The van der Waals surface area contributed by atoms with Crippen molar-refractivity contribution in [2.24, 2.45) is 17.3 Å². The van der Waals surface area contributed by atoms with Gasteiger partial charge in [-0.25, -0.2) is 14.1 Å². The Labute approximate surface area is 185 Å². The molecule has 2 aliphatic rings. The predicted molar refractivity (Wildman–Crippen MR) is 113 cm³/mol. The number of fused-ring (bicyclic) bond motifs is 2. The number of halogens is 2. The Kier molecular flexibility index (Phi) is 6.00. The number of sulfonamides is 1. The van der Waals surface area contributed by atoms with Crippen LogP contribution >= 0.6 is 11.6 Å². The van der Waals surface area contributed by atoms with E-state index in [9.17, 15) is 17.6 Å². The molecule has 2 aliphatic carbocycles. The number of hydrogen-bond donors (Lipinski definition) is 2. The second-order valence-corrected chi connectivity index (χ2v) is 11.0. The number of carbonyl (C=O) groups excluding carboxylic acids is 1. The van der Waals surface area contributed by atoms with E-state index in [1.807, 2.05) is 0 Å². The van der Waals surface area contributed by atoms with Gasteiger partial charge in [0.15, 0.2) is 5.03 Å². The predicted octanol–water partition coefficient (Wildman–Crippen LogP) is 4.31. The highest BCUT2D eigenvalue weighted by molar-refractivity contribution is 7.90. The Balaban J connectivity index is 1.48. The molecule has 1 heterocycles. The van der Waals surface area contributed by atoms with Crippen LogP contribution in [0.2, 0.25) is 5.02 Å². The summed E-state index contributed by atoms with van der Waals surface area (Å²) in [5, 5.41) is -0.253. The summed E-state index contributed by atoms with van der Waals surface area (Å²) < 4.78 is 46.7. The molecule has 0 spiro atoms. The number of hydrogen-bond acceptors (Lipinski definition) is 5. The first kappa shape index (κ1) is 22.1. The van der Waals surface area contributed by atoms with Crippen molar-refractivity contribution >= 4 is 27.5 Å². The van der Waals surface area contributed by atoms with Crippen LogP contribution in [0.5, 0.6) is 5.75 Å². The number of ether oxygens (including phenoxy) is 1. The molecule has 31 heavy (non-hydrogen) atoms. The van der Waals surface area contributed by atoms with E-state index in [1.165, 1.54) is 19.3 Å². The topological polar surface area (TPSA) is 101 Å². The number of nitrogens with one attached hydrogen (secondary N) is 2. The van der Waals surface area contributed by atoms with Gasteiger partial charge in [0.05, 0.1) is 29.7 Å². The summed E-state index contributed by atoms with van der Waals surface area (Å²) in [6, 6.07) is 2.14. The zero-order valence-electron chi connectivity index (χ0n) is 17.2. The number of amides is 1. The quantitative estimate of drug-likeness (QED) is 0.656. The van der Waals surface area contributed by atoms with Gasteiger partial charge in [-0.1, -0.05) is 31.4 Å². The van der Waals surface area contributed by atoms with E-state index in [0.717, 1.165) is 49.8 Å². The highest BCUT2D eigenvalue weighted by Gasteiger charge is 2.42. The Morgan fingerprint density at radius 2 is 2.23 bits per heavy atom. The lowest BCUT2D eigenvalue weighted by molar-refractivity contribution is 0.00482. The lowest BCUT2D eigenvalue weighted by Crippen LogP contribution is -2.40. The molecule has 2 saturated carbocycles. The molecular weight excluding hydrogens is 445 g/mol. The van der Waals surface area contributed by atoms with Crippen molar-refractivity contribution < 1.29 is 22.3 Å². The van der Waals surface area contributed by atoms with E-state index in [0.29, 0.717) is 12.5 Å². The van der Waals surface area contributed by atoms with Crippen LogP contribution in [0.3, 0.4) is 0 Å². The average Bonchev–Trinajstić information content (AvgIpc) is 3.23. The SMILES string of the molecule is CC1CC2CCCC(COc3cc(F)c(C(=O)NS(=O)(=O)c4cnc[nH]4)cc3Cl)(C1)C2. The Morgan fingerprint density at radius 1 is 1.42 bits per heavy atom. The van der Waals surface area contributed by atoms with Crippen LogP contribution in [0.1, 0.15) is 55.8 Å². The van der Waals surface area contributed by atoms with Gasteiger partial charge >= 0.3 is 0 Å². The minimum Gasteiger partial charge on any atom is -0.491 e. The first-order valence-corrected chi connectivity index (χ1v) is 12.2. The van der Waals surface area contributed by atoms with Gasteiger partial charge in [-0.05, 0) is 43.6 Å². The van der Waals surface area contributed by atoms with Crippen molar-refractivity contribution in [3.8, 4) is 5.75 Å². The second-order valence-electron chi connectivity index (χ2n) is 8.91. The van der Waals surface area contributed by atoms with Crippen LogP contribution < -0.4 is 9.46 Å². The van der Waals surface area contributed by atoms with Gasteiger partial charge in [-0.2, -0.15) is 8.42 Å². The molecule has 2 aromatic rings. The smallest absolute Gasteiger partial charge is 0.281 e. The van der Waals surface area contributed by atoms with Gasteiger partial charge in [0.1, 0.15) is 11.6 Å². The van der Waals surface area contributed by atoms with Crippen molar-refractivity contribution in [3.63, 3.8) is 0 Å². The second kappa shape index (κ2) is 8.43. The van der Waals surface area contributed by atoms with Crippen LogP contribution in [-0.4, -0.2) is 30.9 Å². The van der Waals surface area contributed by atoms with E-state index in [2.05, 4.69) is 16.9 Å². The normalized spacial score (nSPS) is 25.8. The van der Waals surface area contributed by atoms with Crippen LogP contribution in [0, 0.1) is 23.1 Å². The Bertz CT molecular complexity index is 1070. The summed E-state index contributed by atoms with van der Waals surface area (Å²) in [7, 11) is -4.20. The van der Waals surface area contributed by atoms with Crippen LogP contribution in [0.15, 0.2) is 29.7 Å². The monoisotopic (exact) mass is 469 g/mol. The largest absolute Gasteiger partial charge is 0.491 e. The fraction of sp³-hybridized carbons (Fsp3) is 0.524. The lowest BCUT2D eigenvalue weighted by atomic mass is 9.59. The molecule has 2 bridgehead atoms. The van der Waals surface area contributed by atoms with Gasteiger partial charge in [0.25, 0.3) is 15.9 Å². The minimum atomic E-state index is -4.20. The molecule has 7 nitrogen and oxygen atoms in total. The molecule has 3 unspecified atom stereocenters. The summed E-state index contributed by atoms with van der Waals surface area (Å²) >= 11 is 6.26. The summed E-state index contributed by atoms with van der Waals surface area (Å²) in [5.74, 6) is -0.529. The van der Waals surface area contributed by atoms with Crippen molar-refractivity contribution in [2.75, 3.05) is 6.61 Å². The first-order chi connectivity index (χ1) is 14.7. The number of benzene rings is 1. The molecule has 10 heteroatoms. The lowest BCUT2D eigenvalue weighted by Gasteiger charge is -2.47. The van der Waals surface area contributed by atoms with Crippen molar-refractivity contribution in [1.29, 1.82) is 0 Å². The number of aromatic amines is 1. The number of imidazole rings is 1. The molecule has 2 fully saturated rings. The van der Waals surface area contributed by atoms with Crippen molar-refractivity contribution in [1.82, 2.24) is 14.7 Å². The molecule has 0 radical (unpaired) electrons. The number of rotatable bonds is 6. The molecule has 2 N–H and O–H groups in total. The van der Waals surface area contributed by atoms with E-state index in [-0.39, 0.29) is 21.2 Å². The number of nitrogens with zero attached hydrogens (tertiary/aromatic N) is 1. The third kappa shape index (κ3) is 4.72. The molecule has 1 amide bonds. The molecule has 0 saturated heterocycles. The summed E-state index contributed by atoms with van der Waals surface area (Å²) in [6.45, 7) is 2.72. The van der Waals surface area contributed by atoms with E-state index < -0.39 is 27.3 Å². The van der Waals surface area contributed by atoms with Gasteiger partial charge in [0.2, 0.25) is 0 Å².